The zero-order chi connectivity index (χ0) is 21.8. The summed E-state index contributed by atoms with van der Waals surface area (Å²) in [5, 5.41) is 2.71. The standard InChI is InChI=1S/C22H27N3O5S/c1-29-18-4-6-19(7-5-18)30-15-22(26)23-17-2-8-20(9-3-17)31(27,28)24-21-14-25-12-10-16(21)11-13-25/h2-9,16,21,24H,10-15H2,1H3,(H,23,26)/t21-/m0/s1. The van der Waals surface area contributed by atoms with E-state index in [1.165, 1.54) is 12.1 Å². The van der Waals surface area contributed by atoms with Gasteiger partial charge < -0.3 is 19.7 Å². The maximum absolute atomic E-state index is 12.8. The Labute approximate surface area is 182 Å². The fourth-order valence-electron chi connectivity index (χ4n) is 4.10. The van der Waals surface area contributed by atoms with Crippen molar-refractivity contribution in [1.82, 2.24) is 9.62 Å². The molecule has 0 aliphatic carbocycles. The molecule has 2 aromatic rings. The molecule has 0 radical (unpaired) electrons. The normalized spacial score (nSPS) is 22.7. The van der Waals surface area contributed by atoms with Crippen molar-refractivity contribution in [3.8, 4) is 11.5 Å². The van der Waals surface area contributed by atoms with Gasteiger partial charge in [0.15, 0.2) is 6.61 Å². The molecule has 9 heteroatoms. The van der Waals surface area contributed by atoms with E-state index in [1.807, 2.05) is 0 Å². The fourth-order valence-corrected chi connectivity index (χ4v) is 5.40. The van der Waals surface area contributed by atoms with Crippen LogP contribution in [0.3, 0.4) is 0 Å². The maximum atomic E-state index is 12.8. The predicted molar refractivity (Wildman–Crippen MR) is 117 cm³/mol. The molecular formula is C22H27N3O5S. The summed E-state index contributed by atoms with van der Waals surface area (Å²) in [6.45, 7) is 2.72. The highest BCUT2D eigenvalue weighted by Gasteiger charge is 2.36. The number of amides is 1. The van der Waals surface area contributed by atoms with Crippen molar-refractivity contribution in [3.05, 3.63) is 48.5 Å². The van der Waals surface area contributed by atoms with Crippen LogP contribution in [0.15, 0.2) is 53.4 Å². The highest BCUT2D eigenvalue weighted by molar-refractivity contribution is 7.89. The number of piperidine rings is 3. The molecule has 2 bridgehead atoms. The zero-order valence-corrected chi connectivity index (χ0v) is 18.2. The zero-order valence-electron chi connectivity index (χ0n) is 17.4. The number of anilines is 1. The topological polar surface area (TPSA) is 97.0 Å². The van der Waals surface area contributed by atoms with Crippen molar-refractivity contribution in [3.63, 3.8) is 0 Å². The number of benzene rings is 2. The summed E-state index contributed by atoms with van der Waals surface area (Å²) >= 11 is 0. The molecule has 0 saturated carbocycles. The van der Waals surface area contributed by atoms with Crippen molar-refractivity contribution < 1.29 is 22.7 Å². The van der Waals surface area contributed by atoms with Gasteiger partial charge in [-0.3, -0.25) is 4.79 Å². The summed E-state index contributed by atoms with van der Waals surface area (Å²) in [5.41, 5.74) is 0.505. The van der Waals surface area contributed by atoms with E-state index in [-0.39, 0.29) is 23.5 Å². The smallest absolute Gasteiger partial charge is 0.262 e. The first-order valence-electron chi connectivity index (χ1n) is 10.3. The molecule has 1 amide bonds. The van der Waals surface area contributed by atoms with Crippen LogP contribution in [-0.4, -0.2) is 58.6 Å². The first-order valence-corrected chi connectivity index (χ1v) is 11.8. The fraction of sp³-hybridized carbons (Fsp3) is 0.409. The lowest BCUT2D eigenvalue weighted by Gasteiger charge is -2.44. The van der Waals surface area contributed by atoms with Crippen LogP contribution in [0.1, 0.15) is 12.8 Å². The van der Waals surface area contributed by atoms with E-state index >= 15 is 0 Å². The Balaban J connectivity index is 1.30. The third kappa shape index (κ3) is 5.36. The number of nitrogens with one attached hydrogen (secondary N) is 2. The number of ether oxygens (including phenoxy) is 2. The lowest BCUT2D eigenvalue weighted by Crippen LogP contribution is -2.57. The van der Waals surface area contributed by atoms with Crippen molar-refractivity contribution in [2.24, 2.45) is 5.92 Å². The second kappa shape index (κ2) is 9.25. The first-order chi connectivity index (χ1) is 14.9. The number of fused-ring (bicyclic) bond motifs is 3. The summed E-state index contributed by atoms with van der Waals surface area (Å²) in [4.78, 5) is 14.6. The average Bonchev–Trinajstić information content (AvgIpc) is 2.79. The van der Waals surface area contributed by atoms with E-state index in [0.717, 1.165) is 32.5 Å². The Kier molecular flexibility index (Phi) is 6.45. The molecular weight excluding hydrogens is 418 g/mol. The number of nitrogens with zero attached hydrogens (tertiary/aromatic N) is 1. The molecule has 3 fully saturated rings. The van der Waals surface area contributed by atoms with Crippen molar-refractivity contribution in [2.75, 3.05) is 38.7 Å². The number of carbonyl (C=O) groups excluding carboxylic acids is 1. The number of rotatable bonds is 8. The molecule has 0 spiro atoms. The molecule has 0 unspecified atom stereocenters. The number of carbonyl (C=O) groups is 1. The van der Waals surface area contributed by atoms with Gasteiger partial charge in [0.25, 0.3) is 5.91 Å². The Morgan fingerprint density at radius 1 is 1.03 bits per heavy atom. The number of sulfonamides is 1. The molecule has 166 valence electrons. The van der Waals surface area contributed by atoms with Gasteiger partial charge in [0.05, 0.1) is 12.0 Å². The van der Waals surface area contributed by atoms with E-state index in [4.69, 9.17) is 9.47 Å². The Hall–Kier alpha value is -2.62. The van der Waals surface area contributed by atoms with Crippen LogP contribution in [0.25, 0.3) is 0 Å². The SMILES string of the molecule is COc1ccc(OCC(=O)Nc2ccc(S(=O)(=O)N[C@H]3CN4CCC3CC4)cc2)cc1. The van der Waals surface area contributed by atoms with Crippen molar-refractivity contribution in [2.45, 2.75) is 23.8 Å². The molecule has 31 heavy (non-hydrogen) atoms. The van der Waals surface area contributed by atoms with Crippen LogP contribution in [0.4, 0.5) is 5.69 Å². The predicted octanol–water partition coefficient (Wildman–Crippen LogP) is 2.09. The molecule has 3 aliphatic heterocycles. The molecule has 1 atom stereocenters. The van der Waals surface area contributed by atoms with Crippen LogP contribution in [0.2, 0.25) is 0 Å². The maximum Gasteiger partial charge on any atom is 0.262 e. The number of hydrogen-bond acceptors (Lipinski definition) is 6. The molecule has 3 heterocycles. The van der Waals surface area contributed by atoms with Crippen LogP contribution in [0, 0.1) is 5.92 Å². The van der Waals surface area contributed by atoms with Crippen molar-refractivity contribution >= 4 is 21.6 Å². The second-order valence-electron chi connectivity index (χ2n) is 7.90. The summed E-state index contributed by atoms with van der Waals surface area (Å²) in [6.07, 6.45) is 2.08. The van der Waals surface area contributed by atoms with Crippen LogP contribution < -0.4 is 19.5 Å². The highest BCUT2D eigenvalue weighted by Crippen LogP contribution is 2.28. The lowest BCUT2D eigenvalue weighted by molar-refractivity contribution is -0.118. The summed E-state index contributed by atoms with van der Waals surface area (Å²) in [5.74, 6) is 1.33. The Bertz CT molecular complexity index is 1000. The Morgan fingerprint density at radius 2 is 1.68 bits per heavy atom. The summed E-state index contributed by atoms with van der Waals surface area (Å²) < 4.78 is 38.9. The Morgan fingerprint density at radius 3 is 2.26 bits per heavy atom. The van der Waals surface area contributed by atoms with E-state index < -0.39 is 10.0 Å². The van der Waals surface area contributed by atoms with Gasteiger partial charge in [0.1, 0.15) is 11.5 Å². The van der Waals surface area contributed by atoms with Gasteiger partial charge in [-0.1, -0.05) is 0 Å². The van der Waals surface area contributed by atoms with Gasteiger partial charge in [0.2, 0.25) is 10.0 Å². The molecule has 8 nitrogen and oxygen atoms in total. The third-order valence-electron chi connectivity index (χ3n) is 5.84. The van der Waals surface area contributed by atoms with E-state index in [1.54, 1.807) is 43.5 Å². The largest absolute Gasteiger partial charge is 0.497 e. The first kappa shape index (κ1) is 21.6. The molecule has 3 aliphatic rings. The quantitative estimate of drug-likeness (QED) is 0.646. The third-order valence-corrected chi connectivity index (χ3v) is 7.35. The van der Waals surface area contributed by atoms with Crippen LogP contribution in [-0.2, 0) is 14.8 Å². The average molecular weight is 446 g/mol. The molecule has 2 aromatic carbocycles. The minimum Gasteiger partial charge on any atom is -0.497 e. The van der Waals surface area contributed by atoms with E-state index in [2.05, 4.69) is 14.9 Å². The molecule has 5 rings (SSSR count). The van der Waals surface area contributed by atoms with E-state index in [0.29, 0.717) is 23.1 Å². The summed E-state index contributed by atoms with van der Waals surface area (Å²) in [6, 6.07) is 13.1. The van der Waals surface area contributed by atoms with Gasteiger partial charge in [-0.05, 0) is 80.4 Å². The van der Waals surface area contributed by atoms with Gasteiger partial charge >= 0.3 is 0 Å². The van der Waals surface area contributed by atoms with Crippen LogP contribution in [0.5, 0.6) is 11.5 Å². The van der Waals surface area contributed by atoms with Crippen LogP contribution >= 0.6 is 0 Å². The van der Waals surface area contributed by atoms with Crippen molar-refractivity contribution in [1.29, 1.82) is 0 Å². The molecule has 0 aromatic heterocycles. The second-order valence-corrected chi connectivity index (χ2v) is 9.62. The monoisotopic (exact) mass is 445 g/mol. The highest BCUT2D eigenvalue weighted by atomic mass is 32.2. The number of hydrogen-bond donors (Lipinski definition) is 2. The molecule has 3 saturated heterocycles. The van der Waals surface area contributed by atoms with Gasteiger partial charge in [-0.15, -0.1) is 0 Å². The van der Waals surface area contributed by atoms with E-state index in [9.17, 15) is 13.2 Å². The van der Waals surface area contributed by atoms with Gasteiger partial charge in [-0.2, -0.15) is 0 Å². The minimum absolute atomic E-state index is 0.0398. The van der Waals surface area contributed by atoms with Gasteiger partial charge in [0, 0.05) is 18.3 Å². The summed E-state index contributed by atoms with van der Waals surface area (Å²) in [7, 11) is -2.03. The number of methoxy groups -OCH3 is 1. The van der Waals surface area contributed by atoms with Gasteiger partial charge in [-0.25, -0.2) is 13.1 Å². The lowest BCUT2D eigenvalue weighted by atomic mass is 9.85. The minimum atomic E-state index is -3.60. The molecule has 2 N–H and O–H groups in total.